The lowest BCUT2D eigenvalue weighted by Crippen LogP contribution is -2.51. The van der Waals surface area contributed by atoms with E-state index >= 15 is 0 Å². The van der Waals surface area contributed by atoms with Gasteiger partial charge in [0.2, 0.25) is 5.91 Å². The van der Waals surface area contributed by atoms with E-state index in [1.807, 2.05) is 50.5 Å². The largest absolute Gasteiger partial charge is 0.351 e. The second kappa shape index (κ2) is 7.09. The van der Waals surface area contributed by atoms with E-state index in [4.69, 9.17) is 0 Å². The number of hydrogen-bond donors (Lipinski definition) is 1. The molecule has 1 aliphatic heterocycles. The van der Waals surface area contributed by atoms with Crippen LogP contribution in [-0.2, 0) is 18.4 Å². The van der Waals surface area contributed by atoms with E-state index in [0.717, 1.165) is 18.4 Å². The highest BCUT2D eigenvalue weighted by atomic mass is 16.2. The molecule has 6 nitrogen and oxygen atoms in total. The summed E-state index contributed by atoms with van der Waals surface area (Å²) in [4.78, 5) is 27.2. The number of aromatic nitrogens is 2. The van der Waals surface area contributed by atoms with Gasteiger partial charge in [-0.15, -0.1) is 0 Å². The molecule has 6 heteroatoms. The minimum Gasteiger partial charge on any atom is -0.351 e. The predicted molar refractivity (Wildman–Crippen MR) is 94.7 cm³/mol. The van der Waals surface area contributed by atoms with Crippen LogP contribution in [0.15, 0.2) is 42.7 Å². The zero-order chi connectivity index (χ0) is 17.9. The molecule has 1 aromatic carbocycles. The first-order chi connectivity index (χ1) is 12.0. The van der Waals surface area contributed by atoms with Gasteiger partial charge in [0.15, 0.2) is 0 Å². The second-order valence-electron chi connectivity index (χ2n) is 6.96. The van der Waals surface area contributed by atoms with E-state index < -0.39 is 5.41 Å². The Hall–Kier alpha value is -2.63. The fraction of sp³-hybridized carbons (Fsp3) is 0.421. The van der Waals surface area contributed by atoms with Crippen LogP contribution < -0.4 is 5.32 Å². The summed E-state index contributed by atoms with van der Waals surface area (Å²) in [6, 6.07) is 9.24. The number of likely N-dealkylation sites (tertiary alicyclic amines) is 1. The fourth-order valence-electron chi connectivity index (χ4n) is 3.32. The number of aryl methyl sites for hydroxylation is 1. The van der Waals surface area contributed by atoms with Crippen molar-refractivity contribution in [2.45, 2.75) is 26.3 Å². The lowest BCUT2D eigenvalue weighted by atomic mass is 9.80. The molecule has 1 N–H and O–H groups in total. The smallest absolute Gasteiger partial charge is 0.253 e. The Kier molecular flexibility index (Phi) is 4.88. The summed E-state index contributed by atoms with van der Waals surface area (Å²) in [6.07, 6.45) is 5.24. The molecule has 1 atom stereocenters. The van der Waals surface area contributed by atoms with Gasteiger partial charge in [-0.2, -0.15) is 5.10 Å². The molecule has 0 aliphatic carbocycles. The van der Waals surface area contributed by atoms with Crippen molar-refractivity contribution in [3.8, 4) is 0 Å². The van der Waals surface area contributed by atoms with Crippen LogP contribution in [-0.4, -0.2) is 39.6 Å². The summed E-state index contributed by atoms with van der Waals surface area (Å²) in [5, 5.41) is 7.10. The van der Waals surface area contributed by atoms with Crippen molar-refractivity contribution in [1.29, 1.82) is 0 Å². The Labute approximate surface area is 147 Å². The van der Waals surface area contributed by atoms with Gasteiger partial charge in [0.05, 0.1) is 11.6 Å². The van der Waals surface area contributed by atoms with Crippen molar-refractivity contribution in [2.75, 3.05) is 13.1 Å². The van der Waals surface area contributed by atoms with Gasteiger partial charge in [0.25, 0.3) is 5.91 Å². The van der Waals surface area contributed by atoms with E-state index in [1.165, 1.54) is 0 Å². The first-order valence-corrected chi connectivity index (χ1v) is 8.58. The normalized spacial score (nSPS) is 20.3. The summed E-state index contributed by atoms with van der Waals surface area (Å²) in [7, 11) is 1.85. The molecule has 0 saturated carbocycles. The highest BCUT2D eigenvalue weighted by Gasteiger charge is 2.39. The highest BCUT2D eigenvalue weighted by molar-refractivity contribution is 5.95. The first kappa shape index (κ1) is 17.2. The van der Waals surface area contributed by atoms with Gasteiger partial charge in [-0.05, 0) is 31.9 Å². The molecule has 0 spiro atoms. The molecule has 1 saturated heterocycles. The van der Waals surface area contributed by atoms with Crippen molar-refractivity contribution >= 4 is 11.8 Å². The van der Waals surface area contributed by atoms with Crippen molar-refractivity contribution in [3.63, 3.8) is 0 Å². The van der Waals surface area contributed by atoms with Gasteiger partial charge in [-0.1, -0.05) is 18.2 Å². The van der Waals surface area contributed by atoms with Gasteiger partial charge >= 0.3 is 0 Å². The van der Waals surface area contributed by atoms with Crippen LogP contribution in [0.3, 0.4) is 0 Å². The number of nitrogens with zero attached hydrogens (tertiary/aromatic N) is 3. The number of hydrogen-bond acceptors (Lipinski definition) is 3. The standard InChI is InChI=1S/C19H24N4O2/c1-19(18(25)20-11-15-12-21-22(2)13-15)9-6-10-23(14-19)17(24)16-7-4-3-5-8-16/h3-5,7-8,12-13H,6,9-11,14H2,1-2H3,(H,20,25). The van der Waals surface area contributed by atoms with E-state index in [2.05, 4.69) is 10.4 Å². The summed E-state index contributed by atoms with van der Waals surface area (Å²) in [6.45, 7) is 3.53. The number of piperidine rings is 1. The molecule has 1 aliphatic rings. The predicted octanol–water partition coefficient (Wildman–Crippen LogP) is 1.98. The van der Waals surface area contributed by atoms with Crippen LogP contribution >= 0.6 is 0 Å². The van der Waals surface area contributed by atoms with Crippen molar-refractivity contribution in [2.24, 2.45) is 12.5 Å². The molecule has 1 aromatic heterocycles. The summed E-state index contributed by atoms with van der Waals surface area (Å²) < 4.78 is 1.71. The van der Waals surface area contributed by atoms with Crippen LogP contribution in [0.4, 0.5) is 0 Å². The monoisotopic (exact) mass is 340 g/mol. The van der Waals surface area contributed by atoms with Gasteiger partial charge < -0.3 is 10.2 Å². The molecule has 0 bridgehead atoms. The van der Waals surface area contributed by atoms with Crippen LogP contribution in [0.25, 0.3) is 0 Å². The van der Waals surface area contributed by atoms with Crippen LogP contribution in [0, 0.1) is 5.41 Å². The minimum absolute atomic E-state index is 0.00779. The maximum absolute atomic E-state index is 12.7. The van der Waals surface area contributed by atoms with E-state index in [0.29, 0.717) is 25.2 Å². The molecule has 2 amide bonds. The Morgan fingerprint density at radius 1 is 1.28 bits per heavy atom. The quantitative estimate of drug-likeness (QED) is 0.925. The third kappa shape index (κ3) is 3.90. The summed E-state index contributed by atoms with van der Waals surface area (Å²) in [5.74, 6) is -0.0199. The summed E-state index contributed by atoms with van der Waals surface area (Å²) in [5.41, 5.74) is 1.07. The van der Waals surface area contributed by atoms with Crippen LogP contribution in [0.2, 0.25) is 0 Å². The fourth-order valence-corrected chi connectivity index (χ4v) is 3.32. The number of rotatable bonds is 4. The third-order valence-corrected chi connectivity index (χ3v) is 4.76. The van der Waals surface area contributed by atoms with E-state index in [9.17, 15) is 9.59 Å². The highest BCUT2D eigenvalue weighted by Crippen LogP contribution is 2.30. The molecule has 2 aromatic rings. The van der Waals surface area contributed by atoms with E-state index in [1.54, 1.807) is 15.8 Å². The Morgan fingerprint density at radius 2 is 2.04 bits per heavy atom. The zero-order valence-electron chi connectivity index (χ0n) is 14.7. The Bertz CT molecular complexity index is 756. The lowest BCUT2D eigenvalue weighted by molar-refractivity contribution is -0.132. The molecule has 2 heterocycles. The molecular formula is C19H24N4O2. The van der Waals surface area contributed by atoms with Gasteiger partial charge in [0.1, 0.15) is 0 Å². The molecule has 132 valence electrons. The minimum atomic E-state index is -0.565. The molecule has 1 fully saturated rings. The maximum Gasteiger partial charge on any atom is 0.253 e. The van der Waals surface area contributed by atoms with Crippen LogP contribution in [0.1, 0.15) is 35.7 Å². The number of carbonyl (C=O) groups excluding carboxylic acids is 2. The lowest BCUT2D eigenvalue weighted by Gasteiger charge is -2.39. The molecule has 3 rings (SSSR count). The molecule has 1 unspecified atom stereocenters. The topological polar surface area (TPSA) is 67.2 Å². The van der Waals surface area contributed by atoms with Gasteiger partial charge in [-0.25, -0.2) is 0 Å². The average molecular weight is 340 g/mol. The number of nitrogens with one attached hydrogen (secondary N) is 1. The second-order valence-corrected chi connectivity index (χ2v) is 6.96. The number of benzene rings is 1. The van der Waals surface area contributed by atoms with Crippen molar-refractivity contribution in [3.05, 3.63) is 53.9 Å². The SMILES string of the molecule is Cn1cc(CNC(=O)C2(C)CCCN(C(=O)c3ccccc3)C2)cn1. The zero-order valence-corrected chi connectivity index (χ0v) is 14.7. The van der Waals surface area contributed by atoms with Crippen LogP contribution in [0.5, 0.6) is 0 Å². The number of carbonyl (C=O) groups is 2. The molecule has 0 radical (unpaired) electrons. The van der Waals surface area contributed by atoms with Gasteiger partial charge in [0, 0.05) is 44.0 Å². The Balaban J connectivity index is 1.64. The van der Waals surface area contributed by atoms with Crippen molar-refractivity contribution in [1.82, 2.24) is 20.0 Å². The maximum atomic E-state index is 12.7. The van der Waals surface area contributed by atoms with Gasteiger partial charge in [-0.3, -0.25) is 14.3 Å². The van der Waals surface area contributed by atoms with Crippen molar-refractivity contribution < 1.29 is 9.59 Å². The average Bonchev–Trinajstić information content (AvgIpc) is 3.05. The third-order valence-electron chi connectivity index (χ3n) is 4.76. The molecular weight excluding hydrogens is 316 g/mol. The summed E-state index contributed by atoms with van der Waals surface area (Å²) >= 11 is 0. The van der Waals surface area contributed by atoms with E-state index in [-0.39, 0.29) is 11.8 Å². The number of amides is 2. The Morgan fingerprint density at radius 3 is 2.72 bits per heavy atom. The first-order valence-electron chi connectivity index (χ1n) is 8.58. The molecule has 25 heavy (non-hydrogen) atoms.